The standard InChI is InChI=1S/C14H25N3OS/c1-4-15-9-13-12(10-18-3)16-14(19-13)17-8-6-5-7-11(17)2/h11,15H,4-10H2,1-3H3. The van der Waals surface area contributed by atoms with Crippen molar-refractivity contribution in [3.05, 3.63) is 10.6 Å². The first-order valence-corrected chi connectivity index (χ1v) is 8.02. The minimum absolute atomic E-state index is 0.611. The Morgan fingerprint density at radius 1 is 1.47 bits per heavy atom. The third-order valence-electron chi connectivity index (χ3n) is 3.63. The zero-order valence-corrected chi connectivity index (χ0v) is 13.1. The second-order valence-electron chi connectivity index (χ2n) is 5.12. The van der Waals surface area contributed by atoms with E-state index >= 15 is 0 Å². The van der Waals surface area contributed by atoms with Crippen molar-refractivity contribution in [1.82, 2.24) is 10.3 Å². The molecule has 1 N–H and O–H groups in total. The van der Waals surface area contributed by atoms with E-state index in [-0.39, 0.29) is 0 Å². The van der Waals surface area contributed by atoms with E-state index in [1.807, 2.05) is 11.3 Å². The molecule has 1 fully saturated rings. The van der Waals surface area contributed by atoms with Gasteiger partial charge in [0, 0.05) is 31.1 Å². The van der Waals surface area contributed by atoms with Gasteiger partial charge < -0.3 is 15.0 Å². The fourth-order valence-electron chi connectivity index (χ4n) is 2.50. The Balaban J connectivity index is 2.15. The van der Waals surface area contributed by atoms with Gasteiger partial charge >= 0.3 is 0 Å². The van der Waals surface area contributed by atoms with Gasteiger partial charge in [-0.15, -0.1) is 11.3 Å². The van der Waals surface area contributed by atoms with Gasteiger partial charge in [0.25, 0.3) is 0 Å². The first-order chi connectivity index (χ1) is 9.26. The summed E-state index contributed by atoms with van der Waals surface area (Å²) in [4.78, 5) is 8.58. The summed E-state index contributed by atoms with van der Waals surface area (Å²) in [6, 6.07) is 0.613. The number of methoxy groups -OCH3 is 1. The largest absolute Gasteiger partial charge is 0.378 e. The lowest BCUT2D eigenvalue weighted by molar-refractivity contribution is 0.181. The molecule has 1 aliphatic heterocycles. The van der Waals surface area contributed by atoms with E-state index in [1.54, 1.807) is 7.11 Å². The maximum atomic E-state index is 5.27. The lowest BCUT2D eigenvalue weighted by atomic mass is 10.1. The molecule has 0 spiro atoms. The van der Waals surface area contributed by atoms with Gasteiger partial charge in [-0.25, -0.2) is 4.98 Å². The summed E-state index contributed by atoms with van der Waals surface area (Å²) < 4.78 is 5.27. The average Bonchev–Trinajstić information content (AvgIpc) is 2.80. The summed E-state index contributed by atoms with van der Waals surface area (Å²) in [6.45, 7) is 8.07. The van der Waals surface area contributed by atoms with Crippen LogP contribution in [-0.4, -0.2) is 31.2 Å². The summed E-state index contributed by atoms with van der Waals surface area (Å²) >= 11 is 1.82. The Bertz CT molecular complexity index is 394. The van der Waals surface area contributed by atoms with Crippen molar-refractivity contribution >= 4 is 16.5 Å². The number of anilines is 1. The van der Waals surface area contributed by atoms with E-state index < -0.39 is 0 Å². The molecule has 5 heteroatoms. The Labute approximate surface area is 120 Å². The molecule has 1 unspecified atom stereocenters. The van der Waals surface area contributed by atoms with Crippen molar-refractivity contribution in [3.63, 3.8) is 0 Å². The minimum atomic E-state index is 0.611. The quantitative estimate of drug-likeness (QED) is 0.871. The summed E-state index contributed by atoms with van der Waals surface area (Å²) in [7, 11) is 1.74. The van der Waals surface area contributed by atoms with Gasteiger partial charge in [-0.1, -0.05) is 6.92 Å². The van der Waals surface area contributed by atoms with Crippen LogP contribution in [0.25, 0.3) is 0 Å². The van der Waals surface area contributed by atoms with E-state index in [4.69, 9.17) is 9.72 Å². The Morgan fingerprint density at radius 2 is 2.32 bits per heavy atom. The number of piperidine rings is 1. The van der Waals surface area contributed by atoms with Gasteiger partial charge in [0.15, 0.2) is 5.13 Å². The van der Waals surface area contributed by atoms with Crippen LogP contribution < -0.4 is 10.2 Å². The maximum Gasteiger partial charge on any atom is 0.186 e. The number of rotatable bonds is 6. The van der Waals surface area contributed by atoms with Gasteiger partial charge in [-0.05, 0) is 32.7 Å². The Morgan fingerprint density at radius 3 is 3.00 bits per heavy atom. The van der Waals surface area contributed by atoms with Crippen molar-refractivity contribution < 1.29 is 4.74 Å². The van der Waals surface area contributed by atoms with Crippen molar-refractivity contribution in [2.75, 3.05) is 25.1 Å². The van der Waals surface area contributed by atoms with Gasteiger partial charge in [0.2, 0.25) is 0 Å². The maximum absolute atomic E-state index is 5.27. The fraction of sp³-hybridized carbons (Fsp3) is 0.786. The Hall–Kier alpha value is -0.650. The molecule has 0 radical (unpaired) electrons. The molecule has 2 heterocycles. The van der Waals surface area contributed by atoms with E-state index in [0.29, 0.717) is 12.6 Å². The molecule has 0 aliphatic carbocycles. The van der Waals surface area contributed by atoms with Crippen LogP contribution in [0.4, 0.5) is 5.13 Å². The zero-order valence-electron chi connectivity index (χ0n) is 12.2. The fourth-order valence-corrected chi connectivity index (χ4v) is 3.66. The number of thiazole rings is 1. The highest BCUT2D eigenvalue weighted by Gasteiger charge is 2.22. The molecule has 1 atom stereocenters. The molecule has 0 aromatic carbocycles. The van der Waals surface area contributed by atoms with Crippen molar-refractivity contribution in [2.45, 2.75) is 52.3 Å². The number of hydrogen-bond acceptors (Lipinski definition) is 5. The van der Waals surface area contributed by atoms with Crippen LogP contribution in [0.2, 0.25) is 0 Å². The Kier molecular flexibility index (Phi) is 5.60. The van der Waals surface area contributed by atoms with Gasteiger partial charge in [-0.2, -0.15) is 0 Å². The van der Waals surface area contributed by atoms with Crippen LogP contribution in [0.15, 0.2) is 0 Å². The smallest absolute Gasteiger partial charge is 0.186 e. The molecule has 1 aromatic heterocycles. The van der Waals surface area contributed by atoms with E-state index in [9.17, 15) is 0 Å². The molecule has 1 saturated heterocycles. The highest BCUT2D eigenvalue weighted by Crippen LogP contribution is 2.31. The van der Waals surface area contributed by atoms with Gasteiger partial charge in [-0.3, -0.25) is 0 Å². The van der Waals surface area contributed by atoms with Crippen LogP contribution in [-0.2, 0) is 17.9 Å². The number of nitrogens with one attached hydrogen (secondary N) is 1. The average molecular weight is 283 g/mol. The van der Waals surface area contributed by atoms with Gasteiger partial charge in [0.05, 0.1) is 12.3 Å². The number of aromatic nitrogens is 1. The lowest BCUT2D eigenvalue weighted by Gasteiger charge is -2.33. The molecule has 0 amide bonds. The second-order valence-corrected chi connectivity index (χ2v) is 6.18. The molecule has 108 valence electrons. The predicted molar refractivity (Wildman–Crippen MR) is 80.9 cm³/mol. The molecule has 0 saturated carbocycles. The SMILES string of the molecule is CCNCc1sc(N2CCCCC2C)nc1COC. The van der Waals surface area contributed by atoms with Crippen LogP contribution in [0.1, 0.15) is 43.7 Å². The normalized spacial score (nSPS) is 19.9. The monoisotopic (exact) mass is 283 g/mol. The first-order valence-electron chi connectivity index (χ1n) is 7.21. The van der Waals surface area contributed by atoms with Crippen LogP contribution >= 0.6 is 11.3 Å². The third-order valence-corrected chi connectivity index (χ3v) is 4.77. The van der Waals surface area contributed by atoms with Gasteiger partial charge in [0.1, 0.15) is 0 Å². The van der Waals surface area contributed by atoms with E-state index in [2.05, 4.69) is 24.1 Å². The van der Waals surface area contributed by atoms with Crippen molar-refractivity contribution in [2.24, 2.45) is 0 Å². The topological polar surface area (TPSA) is 37.4 Å². The molecule has 19 heavy (non-hydrogen) atoms. The van der Waals surface area contributed by atoms with Crippen LogP contribution in [0, 0.1) is 0 Å². The summed E-state index contributed by atoms with van der Waals surface area (Å²) in [5.41, 5.74) is 1.10. The molecular weight excluding hydrogens is 258 g/mol. The molecule has 4 nitrogen and oxygen atoms in total. The zero-order chi connectivity index (χ0) is 13.7. The van der Waals surface area contributed by atoms with Crippen molar-refractivity contribution in [3.8, 4) is 0 Å². The molecular formula is C14H25N3OS. The minimum Gasteiger partial charge on any atom is -0.378 e. The van der Waals surface area contributed by atoms with Crippen LogP contribution in [0.3, 0.4) is 0 Å². The van der Waals surface area contributed by atoms with Crippen LogP contribution in [0.5, 0.6) is 0 Å². The van der Waals surface area contributed by atoms with Crippen molar-refractivity contribution in [1.29, 1.82) is 0 Å². The lowest BCUT2D eigenvalue weighted by Crippen LogP contribution is -2.37. The predicted octanol–water partition coefficient (Wildman–Crippen LogP) is 2.78. The second kappa shape index (κ2) is 7.22. The summed E-state index contributed by atoms with van der Waals surface area (Å²) in [6.07, 6.45) is 3.91. The molecule has 2 rings (SSSR count). The first kappa shape index (κ1) is 14.8. The molecule has 0 bridgehead atoms. The number of hydrogen-bond donors (Lipinski definition) is 1. The summed E-state index contributed by atoms with van der Waals surface area (Å²) in [5, 5.41) is 4.56. The number of nitrogens with zero attached hydrogens (tertiary/aromatic N) is 2. The highest BCUT2D eigenvalue weighted by molar-refractivity contribution is 7.15. The van der Waals surface area contributed by atoms with E-state index in [0.717, 1.165) is 25.3 Å². The summed E-state index contributed by atoms with van der Waals surface area (Å²) in [5.74, 6) is 0. The highest BCUT2D eigenvalue weighted by atomic mass is 32.1. The molecule has 1 aliphatic rings. The number of ether oxygens (including phenoxy) is 1. The molecule has 1 aromatic rings. The third kappa shape index (κ3) is 3.68. The van der Waals surface area contributed by atoms with E-state index in [1.165, 1.54) is 29.3 Å².